The van der Waals surface area contributed by atoms with E-state index >= 15 is 0 Å². The van der Waals surface area contributed by atoms with Crippen molar-refractivity contribution in [3.63, 3.8) is 0 Å². The average molecular weight is 151 g/mol. The van der Waals surface area contributed by atoms with Crippen LogP contribution in [-0.4, -0.2) is 24.0 Å². The molecule has 0 aliphatic rings. The van der Waals surface area contributed by atoms with Crippen molar-refractivity contribution in [1.29, 1.82) is 0 Å². The average Bonchev–Trinajstić information content (AvgIpc) is 1.62. The van der Waals surface area contributed by atoms with Crippen molar-refractivity contribution in [2.24, 2.45) is 0 Å². The van der Waals surface area contributed by atoms with Crippen LogP contribution in [0.5, 0.6) is 0 Å². The predicted molar refractivity (Wildman–Crippen MR) is 29.8 cm³/mol. The molecular formula is C4H7O4S-. The van der Waals surface area contributed by atoms with E-state index in [1.165, 1.54) is 0 Å². The monoisotopic (exact) mass is 151 g/mol. The molecule has 0 bridgehead atoms. The molecule has 0 saturated carbocycles. The maximum Gasteiger partial charge on any atom is 0.146 e. The van der Waals surface area contributed by atoms with Crippen molar-refractivity contribution in [1.82, 2.24) is 0 Å². The van der Waals surface area contributed by atoms with Crippen LogP contribution in [0.4, 0.5) is 0 Å². The predicted octanol–water partition coefficient (Wildman–Crippen LogP) is -0.491. The van der Waals surface area contributed by atoms with Gasteiger partial charge in [-0.25, -0.2) is 8.42 Å². The van der Waals surface area contributed by atoms with Gasteiger partial charge in [0.2, 0.25) is 0 Å². The van der Waals surface area contributed by atoms with Gasteiger partial charge in [-0.05, 0) is 13.8 Å². The summed E-state index contributed by atoms with van der Waals surface area (Å²) in [6.45, 7) is 2.14. The highest BCUT2D eigenvalue weighted by molar-refractivity contribution is 7.87. The second-order valence-electron chi connectivity index (χ2n) is 1.75. The Hall–Kier alpha value is -0.420. The fourth-order valence-electron chi connectivity index (χ4n) is 0.203. The first-order valence-electron chi connectivity index (χ1n) is 2.31. The number of hydrogen-bond acceptors (Lipinski definition) is 4. The van der Waals surface area contributed by atoms with Crippen molar-refractivity contribution in [3.8, 4) is 0 Å². The van der Waals surface area contributed by atoms with Gasteiger partial charge in [-0.3, -0.25) is 4.79 Å². The van der Waals surface area contributed by atoms with Crippen molar-refractivity contribution in [2.75, 3.05) is 0 Å². The van der Waals surface area contributed by atoms with E-state index in [1.54, 1.807) is 0 Å². The van der Waals surface area contributed by atoms with Gasteiger partial charge in [0.25, 0.3) is 0 Å². The van der Waals surface area contributed by atoms with Crippen LogP contribution in [0.3, 0.4) is 0 Å². The van der Waals surface area contributed by atoms with E-state index in [-0.39, 0.29) is 0 Å². The molecule has 0 radical (unpaired) electrons. The third kappa shape index (κ3) is 2.57. The number of carbonyl (C=O) groups is 1. The van der Waals surface area contributed by atoms with E-state index in [0.717, 1.165) is 13.8 Å². The van der Waals surface area contributed by atoms with Crippen molar-refractivity contribution in [2.45, 2.75) is 19.1 Å². The fourth-order valence-corrected chi connectivity index (χ4v) is 0.610. The maximum atomic E-state index is 10.2. The molecule has 0 aliphatic carbocycles. The third-order valence-corrected chi connectivity index (χ3v) is 2.20. The number of rotatable bonds is 2. The molecule has 0 aliphatic heterocycles. The summed E-state index contributed by atoms with van der Waals surface area (Å²) in [5, 5.41) is -1.41. The van der Waals surface area contributed by atoms with Gasteiger partial charge in [0, 0.05) is 0 Å². The van der Waals surface area contributed by atoms with Crippen LogP contribution in [-0.2, 0) is 14.9 Å². The Morgan fingerprint density at radius 1 is 1.56 bits per heavy atom. The lowest BCUT2D eigenvalue weighted by Crippen LogP contribution is -2.24. The van der Waals surface area contributed by atoms with E-state index < -0.39 is 21.2 Å². The first-order valence-corrected chi connectivity index (χ1v) is 3.78. The van der Waals surface area contributed by atoms with Crippen LogP contribution >= 0.6 is 0 Å². The molecule has 0 fully saturated rings. The lowest BCUT2D eigenvalue weighted by Gasteiger charge is -2.11. The van der Waals surface area contributed by atoms with Gasteiger partial charge in [-0.2, -0.15) is 0 Å². The Morgan fingerprint density at radius 2 is 1.89 bits per heavy atom. The third-order valence-electron chi connectivity index (χ3n) is 1.01. The molecular weight excluding hydrogens is 144 g/mol. The smallest absolute Gasteiger partial charge is 0.146 e. The van der Waals surface area contributed by atoms with Crippen LogP contribution in [0.25, 0.3) is 0 Å². The first kappa shape index (κ1) is 8.58. The standard InChI is InChI=1S/C4H8O4S/c1-3(5)4(2)9(6,7)8/h4H,1-2H3,(H,6,7,8)/p-1. The van der Waals surface area contributed by atoms with Crippen LogP contribution < -0.4 is 0 Å². The van der Waals surface area contributed by atoms with Gasteiger partial charge >= 0.3 is 0 Å². The number of carbonyl (C=O) groups excluding carboxylic acids is 1. The Labute approximate surface area is 53.6 Å². The lowest BCUT2D eigenvalue weighted by molar-refractivity contribution is -0.116. The van der Waals surface area contributed by atoms with Crippen LogP contribution in [0.2, 0.25) is 0 Å². The molecule has 0 heterocycles. The fraction of sp³-hybridized carbons (Fsp3) is 0.750. The molecule has 0 saturated heterocycles. The quantitative estimate of drug-likeness (QED) is 0.499. The lowest BCUT2D eigenvalue weighted by atomic mass is 10.3. The first-order chi connectivity index (χ1) is 3.85. The largest absolute Gasteiger partial charge is 0.747 e. The van der Waals surface area contributed by atoms with Gasteiger partial charge in [-0.1, -0.05) is 0 Å². The minimum Gasteiger partial charge on any atom is -0.747 e. The highest BCUT2D eigenvalue weighted by Crippen LogP contribution is 1.96. The summed E-state index contributed by atoms with van der Waals surface area (Å²) in [7, 11) is -4.40. The van der Waals surface area contributed by atoms with Crippen molar-refractivity contribution < 1.29 is 17.8 Å². The second kappa shape index (κ2) is 2.45. The zero-order valence-electron chi connectivity index (χ0n) is 5.12. The second-order valence-corrected chi connectivity index (χ2v) is 3.44. The number of Topliss-reactive ketones (excluding diaryl/α,β-unsaturated/α-hetero) is 1. The minimum absolute atomic E-state index is 0.620. The molecule has 0 amide bonds. The number of hydrogen-bond donors (Lipinski definition) is 0. The Balaban J connectivity index is 4.43. The summed E-state index contributed by atoms with van der Waals surface area (Å²) in [5.41, 5.74) is 0. The molecule has 9 heavy (non-hydrogen) atoms. The van der Waals surface area contributed by atoms with Gasteiger partial charge in [-0.15, -0.1) is 0 Å². The Kier molecular flexibility index (Phi) is 2.33. The molecule has 4 nitrogen and oxygen atoms in total. The SMILES string of the molecule is CC(=O)C(C)S(=O)(=O)[O-]. The molecule has 1 unspecified atom stereocenters. The van der Waals surface area contributed by atoms with E-state index in [2.05, 4.69) is 0 Å². The summed E-state index contributed by atoms with van der Waals surface area (Å²) in [6, 6.07) is 0. The minimum atomic E-state index is -4.40. The summed E-state index contributed by atoms with van der Waals surface area (Å²) in [6.07, 6.45) is 0. The summed E-state index contributed by atoms with van der Waals surface area (Å²) < 4.78 is 30.0. The zero-order valence-corrected chi connectivity index (χ0v) is 5.94. The zero-order chi connectivity index (χ0) is 7.65. The van der Waals surface area contributed by atoms with Gasteiger partial charge < -0.3 is 4.55 Å². The summed E-state index contributed by atoms with van der Waals surface area (Å²) in [5.74, 6) is -0.620. The van der Waals surface area contributed by atoms with Gasteiger partial charge in [0.05, 0.1) is 0 Å². The highest BCUT2D eigenvalue weighted by atomic mass is 32.2. The van der Waals surface area contributed by atoms with Gasteiger partial charge in [0.15, 0.2) is 0 Å². The Morgan fingerprint density at radius 3 is 1.89 bits per heavy atom. The van der Waals surface area contributed by atoms with Crippen LogP contribution in [0.1, 0.15) is 13.8 Å². The van der Waals surface area contributed by atoms with E-state index in [4.69, 9.17) is 0 Å². The van der Waals surface area contributed by atoms with Crippen LogP contribution in [0.15, 0.2) is 0 Å². The molecule has 0 aromatic rings. The van der Waals surface area contributed by atoms with E-state index in [9.17, 15) is 17.8 Å². The molecule has 54 valence electrons. The van der Waals surface area contributed by atoms with Crippen LogP contribution in [0, 0.1) is 0 Å². The normalized spacial score (nSPS) is 15.0. The molecule has 0 spiro atoms. The van der Waals surface area contributed by atoms with Gasteiger partial charge in [0.1, 0.15) is 21.2 Å². The molecule has 1 atom stereocenters. The van der Waals surface area contributed by atoms with E-state index in [1.807, 2.05) is 0 Å². The molecule has 5 heteroatoms. The topological polar surface area (TPSA) is 74.3 Å². The highest BCUT2D eigenvalue weighted by Gasteiger charge is 2.13. The Bertz CT molecular complexity index is 203. The summed E-state index contributed by atoms with van der Waals surface area (Å²) in [4.78, 5) is 10.2. The molecule has 0 aromatic heterocycles. The van der Waals surface area contributed by atoms with Crippen molar-refractivity contribution >= 4 is 15.9 Å². The summed E-state index contributed by atoms with van der Waals surface area (Å²) >= 11 is 0. The molecule has 0 rings (SSSR count). The number of ketones is 1. The van der Waals surface area contributed by atoms with Crippen molar-refractivity contribution in [3.05, 3.63) is 0 Å². The molecule has 0 N–H and O–H groups in total. The maximum absolute atomic E-state index is 10.2. The van der Waals surface area contributed by atoms with E-state index in [0.29, 0.717) is 0 Å². The molecule has 0 aromatic carbocycles.